The largest absolute Gasteiger partial charge is 0.349 e. The number of amides is 2. The van der Waals surface area contributed by atoms with Gasteiger partial charge in [-0.15, -0.1) is 0 Å². The molecule has 0 spiro atoms. The van der Waals surface area contributed by atoms with Crippen molar-refractivity contribution >= 4 is 17.6 Å². The highest BCUT2D eigenvalue weighted by atomic mass is 16.2. The van der Waals surface area contributed by atoms with Crippen molar-refractivity contribution in [3.63, 3.8) is 0 Å². The number of hydrogen-bond acceptors (Lipinski definition) is 3. The molecule has 0 heterocycles. The van der Waals surface area contributed by atoms with Crippen molar-refractivity contribution < 1.29 is 14.4 Å². The van der Waals surface area contributed by atoms with Crippen molar-refractivity contribution in [1.29, 1.82) is 0 Å². The molecule has 0 aromatic heterocycles. The summed E-state index contributed by atoms with van der Waals surface area (Å²) in [4.78, 5) is 35.6. The zero-order valence-electron chi connectivity index (χ0n) is 13.8. The molecule has 5 nitrogen and oxygen atoms in total. The molecule has 0 aliphatic carbocycles. The van der Waals surface area contributed by atoms with Crippen molar-refractivity contribution in [3.05, 3.63) is 0 Å². The Morgan fingerprint density at radius 3 is 2.14 bits per heavy atom. The van der Waals surface area contributed by atoms with Crippen molar-refractivity contribution in [3.8, 4) is 0 Å². The maximum Gasteiger partial charge on any atom is 0.289 e. The van der Waals surface area contributed by atoms with E-state index >= 15 is 0 Å². The minimum atomic E-state index is -0.768. The molecule has 2 unspecified atom stereocenters. The van der Waals surface area contributed by atoms with Crippen LogP contribution in [0.2, 0.25) is 0 Å². The maximum absolute atomic E-state index is 12.2. The SMILES string of the molecule is CCCCC(CCC)C(=O)NC(C)C(=O)C(=O)NCCC. The van der Waals surface area contributed by atoms with Crippen molar-refractivity contribution in [1.82, 2.24) is 10.6 Å². The fourth-order valence-corrected chi connectivity index (χ4v) is 2.12. The van der Waals surface area contributed by atoms with Gasteiger partial charge in [0.05, 0.1) is 6.04 Å². The quantitative estimate of drug-likeness (QED) is 0.574. The first kappa shape index (κ1) is 19.6. The molecule has 0 rings (SSSR count). The Morgan fingerprint density at radius 1 is 0.952 bits per heavy atom. The van der Waals surface area contributed by atoms with E-state index in [1.807, 2.05) is 13.8 Å². The van der Waals surface area contributed by atoms with E-state index in [-0.39, 0.29) is 11.8 Å². The third-order valence-electron chi connectivity index (χ3n) is 3.43. The lowest BCUT2D eigenvalue weighted by molar-refractivity contribution is -0.140. The predicted molar refractivity (Wildman–Crippen MR) is 83.8 cm³/mol. The minimum absolute atomic E-state index is 0.0658. The third kappa shape index (κ3) is 7.83. The number of rotatable bonds is 11. The first-order chi connectivity index (χ1) is 9.97. The van der Waals surface area contributed by atoms with Gasteiger partial charge in [-0.2, -0.15) is 0 Å². The summed E-state index contributed by atoms with van der Waals surface area (Å²) >= 11 is 0. The van der Waals surface area contributed by atoms with E-state index in [0.29, 0.717) is 6.54 Å². The van der Waals surface area contributed by atoms with Gasteiger partial charge in [0, 0.05) is 12.5 Å². The van der Waals surface area contributed by atoms with Gasteiger partial charge in [-0.05, 0) is 26.2 Å². The molecule has 2 amide bonds. The zero-order valence-corrected chi connectivity index (χ0v) is 13.8. The van der Waals surface area contributed by atoms with Crippen LogP contribution in [-0.4, -0.2) is 30.2 Å². The molecule has 0 fully saturated rings. The Bertz CT molecular complexity index is 342. The Kier molecular flexibility index (Phi) is 10.5. The Hall–Kier alpha value is -1.39. The van der Waals surface area contributed by atoms with Crippen molar-refractivity contribution in [2.45, 2.75) is 72.3 Å². The van der Waals surface area contributed by atoms with E-state index in [4.69, 9.17) is 0 Å². The average molecular weight is 298 g/mol. The molecule has 0 saturated heterocycles. The number of carbonyl (C=O) groups excluding carboxylic acids is 3. The predicted octanol–water partition coefficient (Wildman–Crippen LogP) is 2.19. The van der Waals surface area contributed by atoms with E-state index in [0.717, 1.165) is 38.5 Å². The molecule has 5 heteroatoms. The fraction of sp³-hybridized carbons (Fsp3) is 0.812. The number of nitrogens with one attached hydrogen (secondary N) is 2. The van der Waals surface area contributed by atoms with Crippen LogP contribution in [0.5, 0.6) is 0 Å². The van der Waals surface area contributed by atoms with Crippen molar-refractivity contribution in [2.75, 3.05) is 6.54 Å². The van der Waals surface area contributed by atoms with Crippen LogP contribution in [0.4, 0.5) is 0 Å². The molecule has 0 saturated carbocycles. The van der Waals surface area contributed by atoms with Gasteiger partial charge in [-0.3, -0.25) is 14.4 Å². The number of hydrogen-bond donors (Lipinski definition) is 2. The zero-order chi connectivity index (χ0) is 16.3. The Balaban J connectivity index is 4.43. The van der Waals surface area contributed by atoms with Crippen LogP contribution in [0, 0.1) is 5.92 Å². The molecule has 2 atom stereocenters. The summed E-state index contributed by atoms with van der Waals surface area (Å²) in [6, 6.07) is -0.768. The van der Waals surface area contributed by atoms with Crippen LogP contribution < -0.4 is 10.6 Å². The summed E-state index contributed by atoms with van der Waals surface area (Å²) in [6.07, 6.45) is 5.39. The van der Waals surface area contributed by atoms with Crippen molar-refractivity contribution in [2.24, 2.45) is 5.92 Å². The van der Waals surface area contributed by atoms with E-state index in [1.165, 1.54) is 0 Å². The van der Waals surface area contributed by atoms with Crippen LogP contribution >= 0.6 is 0 Å². The summed E-state index contributed by atoms with van der Waals surface area (Å²) in [5, 5.41) is 5.22. The lowest BCUT2D eigenvalue weighted by Gasteiger charge is -2.19. The van der Waals surface area contributed by atoms with Gasteiger partial charge in [-0.1, -0.05) is 40.0 Å². The normalized spacial score (nSPS) is 13.3. The maximum atomic E-state index is 12.2. The molecule has 2 N–H and O–H groups in total. The third-order valence-corrected chi connectivity index (χ3v) is 3.43. The highest BCUT2D eigenvalue weighted by molar-refractivity contribution is 6.38. The van der Waals surface area contributed by atoms with E-state index in [1.54, 1.807) is 6.92 Å². The van der Waals surface area contributed by atoms with Gasteiger partial charge in [0.1, 0.15) is 0 Å². The molecule has 0 bridgehead atoms. The van der Waals surface area contributed by atoms with Crippen LogP contribution in [0.15, 0.2) is 0 Å². The van der Waals surface area contributed by atoms with E-state index in [2.05, 4.69) is 17.6 Å². The second kappa shape index (κ2) is 11.3. The van der Waals surface area contributed by atoms with Gasteiger partial charge in [0.15, 0.2) is 0 Å². The molecular formula is C16H30N2O3. The Labute approximate surface area is 128 Å². The first-order valence-corrected chi connectivity index (χ1v) is 8.10. The lowest BCUT2D eigenvalue weighted by Crippen LogP contribution is -2.47. The van der Waals surface area contributed by atoms with Crippen LogP contribution in [0.1, 0.15) is 66.2 Å². The number of carbonyl (C=O) groups is 3. The van der Waals surface area contributed by atoms with Gasteiger partial charge >= 0.3 is 0 Å². The number of unbranched alkanes of at least 4 members (excludes halogenated alkanes) is 1. The summed E-state index contributed by atoms with van der Waals surface area (Å²) in [5.74, 6) is -1.38. The molecule has 21 heavy (non-hydrogen) atoms. The average Bonchev–Trinajstić information content (AvgIpc) is 2.47. The summed E-state index contributed by atoms with van der Waals surface area (Å²) in [7, 11) is 0. The molecule has 0 aliphatic heterocycles. The highest BCUT2D eigenvalue weighted by Crippen LogP contribution is 2.15. The highest BCUT2D eigenvalue weighted by Gasteiger charge is 2.25. The molecular weight excluding hydrogens is 268 g/mol. The van der Waals surface area contributed by atoms with E-state index in [9.17, 15) is 14.4 Å². The summed E-state index contributed by atoms with van der Waals surface area (Å²) in [5.41, 5.74) is 0. The van der Waals surface area contributed by atoms with Crippen LogP contribution in [0.3, 0.4) is 0 Å². The minimum Gasteiger partial charge on any atom is -0.349 e. The fourth-order valence-electron chi connectivity index (χ4n) is 2.12. The Morgan fingerprint density at radius 2 is 1.62 bits per heavy atom. The second-order valence-electron chi connectivity index (χ2n) is 5.48. The summed E-state index contributed by atoms with van der Waals surface area (Å²) < 4.78 is 0. The first-order valence-electron chi connectivity index (χ1n) is 8.10. The smallest absolute Gasteiger partial charge is 0.289 e. The number of Topliss-reactive ketones (excluding diaryl/α,β-unsaturated/α-hetero) is 1. The molecule has 122 valence electrons. The second-order valence-corrected chi connectivity index (χ2v) is 5.48. The molecule has 0 aromatic carbocycles. The van der Waals surface area contributed by atoms with Crippen LogP contribution in [-0.2, 0) is 14.4 Å². The molecule has 0 radical (unpaired) electrons. The monoisotopic (exact) mass is 298 g/mol. The summed E-state index contributed by atoms with van der Waals surface area (Å²) in [6.45, 7) is 8.08. The lowest BCUT2D eigenvalue weighted by atomic mass is 9.95. The molecule has 0 aromatic rings. The van der Waals surface area contributed by atoms with Gasteiger partial charge in [0.2, 0.25) is 11.7 Å². The topological polar surface area (TPSA) is 75.3 Å². The van der Waals surface area contributed by atoms with E-state index < -0.39 is 17.7 Å². The molecule has 0 aliphatic rings. The van der Waals surface area contributed by atoms with Crippen LogP contribution in [0.25, 0.3) is 0 Å². The van der Waals surface area contributed by atoms with Gasteiger partial charge in [-0.25, -0.2) is 0 Å². The standard InChI is InChI=1S/C16H30N2O3/c1-5-8-10-13(9-6-2)15(20)18-12(4)14(19)16(21)17-11-7-3/h12-13H,5-11H2,1-4H3,(H,17,21)(H,18,20). The van der Waals surface area contributed by atoms with Gasteiger partial charge < -0.3 is 10.6 Å². The number of ketones is 1. The van der Waals surface area contributed by atoms with Gasteiger partial charge in [0.25, 0.3) is 5.91 Å².